The van der Waals surface area contributed by atoms with Gasteiger partial charge in [-0.3, -0.25) is 14.4 Å². The van der Waals surface area contributed by atoms with Gasteiger partial charge in [0, 0.05) is 34.5 Å². The van der Waals surface area contributed by atoms with Crippen LogP contribution >= 0.6 is 22.9 Å². The summed E-state index contributed by atoms with van der Waals surface area (Å²) in [6, 6.07) is 13.2. The average molecular weight is 515 g/mol. The molecule has 3 aromatic rings. The van der Waals surface area contributed by atoms with Crippen LogP contribution in [0.4, 0.5) is 5.69 Å². The van der Waals surface area contributed by atoms with Crippen LogP contribution in [0.25, 0.3) is 0 Å². The average Bonchev–Trinajstić information content (AvgIpc) is 3.29. The molecule has 1 unspecified atom stereocenters. The fraction of sp³-hybridized carbons (Fsp3) is 0.208. The number of halogens is 1. The normalized spacial score (nSPS) is 18.3. The zero-order chi connectivity index (χ0) is 24.0. The molecule has 1 aliphatic heterocycles. The van der Waals surface area contributed by atoms with E-state index in [1.165, 1.54) is 28.6 Å². The standard InChI is InChI=1S/C24H19ClN2O5S2/c25-20-10-11-21(33-20)34(31,32)27-12-4-3-7-19(27)24(30)26-14-8-9-17-18(13-14)23(29)16-6-2-1-5-15(16)22(17)28/h1-2,5-6,8-11,13,19H,3-4,7,12H2,(H,26,30). The molecule has 0 bridgehead atoms. The lowest BCUT2D eigenvalue weighted by Gasteiger charge is -2.33. The van der Waals surface area contributed by atoms with Crippen molar-refractivity contribution in [2.24, 2.45) is 0 Å². The highest BCUT2D eigenvalue weighted by Crippen LogP contribution is 2.33. The molecule has 1 N–H and O–H groups in total. The summed E-state index contributed by atoms with van der Waals surface area (Å²) in [6.45, 7) is 0.226. The first kappa shape index (κ1) is 22.9. The summed E-state index contributed by atoms with van der Waals surface area (Å²) >= 11 is 6.88. The Morgan fingerprint density at radius 3 is 2.29 bits per heavy atom. The first-order chi connectivity index (χ1) is 16.3. The first-order valence-electron chi connectivity index (χ1n) is 10.7. The zero-order valence-corrected chi connectivity index (χ0v) is 20.2. The number of thiophene rings is 1. The number of benzene rings is 2. The quantitative estimate of drug-likeness (QED) is 0.436. The summed E-state index contributed by atoms with van der Waals surface area (Å²) in [5.41, 5.74) is 1.49. The van der Waals surface area contributed by atoms with Gasteiger partial charge in [0.1, 0.15) is 10.3 Å². The lowest BCUT2D eigenvalue weighted by atomic mass is 9.84. The molecule has 0 saturated carbocycles. The van der Waals surface area contributed by atoms with Crippen molar-refractivity contribution in [3.05, 3.63) is 81.2 Å². The van der Waals surface area contributed by atoms with E-state index in [1.807, 2.05) is 0 Å². The Balaban J connectivity index is 1.42. The fourth-order valence-corrected chi connectivity index (χ4v) is 7.68. The molecule has 1 fully saturated rings. The maximum atomic E-state index is 13.2. The molecule has 1 aliphatic carbocycles. The van der Waals surface area contributed by atoms with Crippen molar-refractivity contribution >= 4 is 56.1 Å². The highest BCUT2D eigenvalue weighted by molar-refractivity contribution is 7.91. The van der Waals surface area contributed by atoms with Crippen LogP contribution in [-0.4, -0.2) is 42.8 Å². The molecule has 2 aromatic carbocycles. The summed E-state index contributed by atoms with van der Waals surface area (Å²) in [5.74, 6) is -1.03. The second-order valence-electron chi connectivity index (χ2n) is 8.14. The SMILES string of the molecule is O=C1c2ccccc2C(=O)c2cc(NC(=O)C3CCCCN3S(=O)(=O)c3ccc(Cl)s3)ccc21. The molecule has 5 rings (SSSR count). The minimum Gasteiger partial charge on any atom is -0.325 e. The second kappa shape index (κ2) is 8.74. The summed E-state index contributed by atoms with van der Waals surface area (Å²) in [6.07, 6.45) is 1.74. The number of hydrogen-bond acceptors (Lipinski definition) is 6. The number of amides is 1. The summed E-state index contributed by atoms with van der Waals surface area (Å²) in [4.78, 5) is 39.0. The van der Waals surface area contributed by atoms with E-state index in [2.05, 4.69) is 5.32 Å². The Morgan fingerprint density at radius 2 is 1.62 bits per heavy atom. The van der Waals surface area contributed by atoms with Gasteiger partial charge in [0.15, 0.2) is 11.6 Å². The lowest BCUT2D eigenvalue weighted by Crippen LogP contribution is -2.49. The molecule has 1 saturated heterocycles. The number of hydrogen-bond donors (Lipinski definition) is 1. The molecular weight excluding hydrogens is 496 g/mol. The van der Waals surface area contributed by atoms with Crippen molar-refractivity contribution in [2.75, 3.05) is 11.9 Å². The van der Waals surface area contributed by atoms with Crippen molar-refractivity contribution < 1.29 is 22.8 Å². The summed E-state index contributed by atoms with van der Waals surface area (Å²) in [7, 11) is -3.88. The number of nitrogens with one attached hydrogen (secondary N) is 1. The number of fused-ring (bicyclic) bond motifs is 2. The van der Waals surface area contributed by atoms with E-state index in [-0.39, 0.29) is 33.4 Å². The van der Waals surface area contributed by atoms with Gasteiger partial charge in [0.05, 0.1) is 4.34 Å². The van der Waals surface area contributed by atoms with Crippen LogP contribution in [-0.2, 0) is 14.8 Å². The smallest absolute Gasteiger partial charge is 0.253 e. The minimum absolute atomic E-state index is 0.0914. The first-order valence-corrected chi connectivity index (χ1v) is 13.3. The van der Waals surface area contributed by atoms with Crippen LogP contribution in [0.1, 0.15) is 51.1 Å². The Kier molecular flexibility index (Phi) is 5.89. The highest BCUT2D eigenvalue weighted by atomic mass is 35.5. The molecule has 0 spiro atoms. The molecular formula is C24H19ClN2O5S2. The van der Waals surface area contributed by atoms with Crippen molar-refractivity contribution in [2.45, 2.75) is 29.5 Å². The molecule has 7 nitrogen and oxygen atoms in total. The van der Waals surface area contributed by atoms with E-state index in [0.29, 0.717) is 40.4 Å². The molecule has 0 radical (unpaired) electrons. The number of piperidine rings is 1. The van der Waals surface area contributed by atoms with Gasteiger partial charge in [0.2, 0.25) is 5.91 Å². The predicted octanol–water partition coefficient (Wildman–Crippen LogP) is 4.36. The Hall–Kier alpha value is -2.85. The number of carbonyl (C=O) groups excluding carboxylic acids is 3. The van der Waals surface area contributed by atoms with Gasteiger partial charge < -0.3 is 5.32 Å². The Labute approximate surface area is 205 Å². The number of ketones is 2. The van der Waals surface area contributed by atoms with Gasteiger partial charge in [-0.05, 0) is 43.2 Å². The Morgan fingerprint density at radius 1 is 0.941 bits per heavy atom. The number of rotatable bonds is 4. The zero-order valence-electron chi connectivity index (χ0n) is 17.8. The van der Waals surface area contributed by atoms with Gasteiger partial charge in [-0.25, -0.2) is 8.42 Å². The topological polar surface area (TPSA) is 101 Å². The molecule has 2 aliphatic rings. The number of nitrogens with zero attached hydrogens (tertiary/aromatic N) is 1. The van der Waals surface area contributed by atoms with Crippen LogP contribution in [0.5, 0.6) is 0 Å². The second-order valence-corrected chi connectivity index (χ2v) is 12.0. The summed E-state index contributed by atoms with van der Waals surface area (Å²) < 4.78 is 28.0. The third kappa shape index (κ3) is 3.88. The van der Waals surface area contributed by atoms with E-state index in [1.54, 1.807) is 30.3 Å². The number of anilines is 1. The molecule has 1 atom stereocenters. The summed E-state index contributed by atoms with van der Waals surface area (Å²) in [5, 5.41) is 2.75. The highest BCUT2D eigenvalue weighted by Gasteiger charge is 2.38. The van der Waals surface area contributed by atoms with E-state index in [9.17, 15) is 22.8 Å². The van der Waals surface area contributed by atoms with E-state index in [0.717, 1.165) is 11.3 Å². The maximum Gasteiger partial charge on any atom is 0.253 e. The fourth-order valence-electron chi connectivity index (χ4n) is 4.41. The van der Waals surface area contributed by atoms with Crippen molar-refractivity contribution in [3.63, 3.8) is 0 Å². The molecule has 174 valence electrons. The molecule has 2 heterocycles. The van der Waals surface area contributed by atoms with Crippen LogP contribution < -0.4 is 5.32 Å². The monoisotopic (exact) mass is 514 g/mol. The van der Waals surface area contributed by atoms with Gasteiger partial charge in [-0.15, -0.1) is 11.3 Å². The van der Waals surface area contributed by atoms with Crippen LogP contribution in [0, 0.1) is 0 Å². The molecule has 1 aromatic heterocycles. The lowest BCUT2D eigenvalue weighted by molar-refractivity contribution is -0.120. The largest absolute Gasteiger partial charge is 0.325 e. The van der Waals surface area contributed by atoms with Crippen molar-refractivity contribution in [3.8, 4) is 0 Å². The third-order valence-electron chi connectivity index (χ3n) is 6.06. The van der Waals surface area contributed by atoms with Crippen LogP contribution in [0.2, 0.25) is 4.34 Å². The van der Waals surface area contributed by atoms with Crippen molar-refractivity contribution in [1.82, 2.24) is 4.31 Å². The Bertz CT molecular complexity index is 1450. The molecule has 10 heteroatoms. The molecule has 34 heavy (non-hydrogen) atoms. The maximum absolute atomic E-state index is 13.2. The number of sulfonamides is 1. The van der Waals surface area contributed by atoms with Gasteiger partial charge in [-0.1, -0.05) is 42.3 Å². The third-order valence-corrected chi connectivity index (χ3v) is 9.67. The van der Waals surface area contributed by atoms with Gasteiger partial charge in [-0.2, -0.15) is 4.31 Å². The minimum atomic E-state index is -3.88. The molecule has 1 amide bonds. The number of carbonyl (C=O) groups is 3. The van der Waals surface area contributed by atoms with Gasteiger partial charge in [0.25, 0.3) is 10.0 Å². The predicted molar refractivity (Wildman–Crippen MR) is 129 cm³/mol. The van der Waals surface area contributed by atoms with E-state index in [4.69, 9.17) is 11.6 Å². The van der Waals surface area contributed by atoms with Crippen LogP contribution in [0.3, 0.4) is 0 Å². The van der Waals surface area contributed by atoms with Gasteiger partial charge >= 0.3 is 0 Å². The van der Waals surface area contributed by atoms with Crippen LogP contribution in [0.15, 0.2) is 58.8 Å². The van der Waals surface area contributed by atoms with E-state index >= 15 is 0 Å². The van der Waals surface area contributed by atoms with E-state index < -0.39 is 22.0 Å². The van der Waals surface area contributed by atoms with Crippen molar-refractivity contribution in [1.29, 1.82) is 0 Å².